The van der Waals surface area contributed by atoms with Crippen LogP contribution in [0.1, 0.15) is 22.2 Å². The maximum Gasteiger partial charge on any atom is 0.348 e. The summed E-state index contributed by atoms with van der Waals surface area (Å²) in [4.78, 5) is 44.9. The Labute approximate surface area is 181 Å². The highest BCUT2D eigenvalue weighted by Gasteiger charge is 2.16. The fraction of sp³-hybridized carbons (Fsp3) is 0.250. The van der Waals surface area contributed by atoms with Gasteiger partial charge in [-0.25, -0.2) is 9.78 Å². The number of thiophene rings is 1. The molecule has 0 fully saturated rings. The molecule has 0 saturated heterocycles. The largest absolute Gasteiger partial charge is 0.462 e. The summed E-state index contributed by atoms with van der Waals surface area (Å²) in [5, 5.41) is 3.69. The Morgan fingerprint density at radius 2 is 1.93 bits per heavy atom. The summed E-state index contributed by atoms with van der Waals surface area (Å²) in [6, 6.07) is 9.11. The molecule has 0 aliphatic rings. The van der Waals surface area contributed by atoms with Gasteiger partial charge in [-0.3, -0.25) is 14.6 Å². The second-order valence-corrected chi connectivity index (χ2v) is 8.09. The predicted molar refractivity (Wildman–Crippen MR) is 115 cm³/mol. The van der Waals surface area contributed by atoms with Gasteiger partial charge in [0, 0.05) is 0 Å². The zero-order valence-corrected chi connectivity index (χ0v) is 18.0. The zero-order chi connectivity index (χ0) is 21.5. The number of aromatic nitrogens is 2. The quantitative estimate of drug-likeness (QED) is 0.415. The second kappa shape index (κ2) is 10.2. The van der Waals surface area contributed by atoms with Gasteiger partial charge in [0.05, 0.1) is 34.6 Å². The van der Waals surface area contributed by atoms with Crippen LogP contribution < -0.4 is 5.32 Å². The normalized spacial score (nSPS) is 10.6. The molecule has 0 unspecified atom stereocenters. The molecule has 10 heteroatoms. The highest BCUT2D eigenvalue weighted by Crippen LogP contribution is 2.27. The summed E-state index contributed by atoms with van der Waals surface area (Å²) in [6.07, 6.45) is 1.59. The lowest BCUT2D eigenvalue weighted by molar-refractivity contribution is -0.144. The third kappa shape index (κ3) is 5.77. The molecule has 0 saturated carbocycles. The number of fused-ring (bicyclic) bond motifs is 1. The van der Waals surface area contributed by atoms with Crippen LogP contribution in [0.2, 0.25) is 0 Å². The van der Waals surface area contributed by atoms with Crippen molar-refractivity contribution in [3.05, 3.63) is 47.0 Å². The number of amides is 1. The number of carbonyl (C=O) groups excluding carboxylic acids is 3. The lowest BCUT2D eigenvalue weighted by Gasteiger charge is -2.05. The molecule has 1 amide bonds. The maximum absolute atomic E-state index is 12.0. The molecule has 0 aliphatic carbocycles. The number of esters is 2. The maximum atomic E-state index is 12.0. The van der Waals surface area contributed by atoms with E-state index in [-0.39, 0.29) is 12.4 Å². The summed E-state index contributed by atoms with van der Waals surface area (Å²) in [7, 11) is 0. The van der Waals surface area contributed by atoms with Crippen LogP contribution in [0.25, 0.3) is 11.0 Å². The van der Waals surface area contributed by atoms with E-state index in [2.05, 4.69) is 15.3 Å². The van der Waals surface area contributed by atoms with Gasteiger partial charge in [-0.2, -0.15) is 0 Å². The Morgan fingerprint density at radius 3 is 2.70 bits per heavy atom. The molecule has 0 radical (unpaired) electrons. The fourth-order valence-electron chi connectivity index (χ4n) is 2.45. The van der Waals surface area contributed by atoms with Gasteiger partial charge in [0.2, 0.25) is 0 Å². The van der Waals surface area contributed by atoms with Gasteiger partial charge in [-0.05, 0) is 37.6 Å². The van der Waals surface area contributed by atoms with Crippen LogP contribution in [-0.2, 0) is 19.1 Å². The van der Waals surface area contributed by atoms with Gasteiger partial charge in [0.1, 0.15) is 9.90 Å². The molecule has 1 aromatic carbocycles. The van der Waals surface area contributed by atoms with E-state index in [1.807, 2.05) is 24.3 Å². The molecular formula is C20H19N3O5S2. The average Bonchev–Trinajstić information content (AvgIpc) is 3.10. The lowest BCUT2D eigenvalue weighted by atomic mass is 10.3. The molecule has 3 aromatic rings. The fourth-order valence-corrected chi connectivity index (χ4v) is 4.07. The molecule has 2 aromatic heterocycles. The number of para-hydroxylation sites is 2. The van der Waals surface area contributed by atoms with Gasteiger partial charge in [0.15, 0.2) is 6.61 Å². The van der Waals surface area contributed by atoms with Crippen molar-refractivity contribution in [1.82, 2.24) is 9.97 Å². The number of hydrogen-bond donors (Lipinski definition) is 1. The Kier molecular flexibility index (Phi) is 7.36. The van der Waals surface area contributed by atoms with E-state index < -0.39 is 24.5 Å². The summed E-state index contributed by atoms with van der Waals surface area (Å²) in [6.45, 7) is 3.33. The van der Waals surface area contributed by atoms with E-state index in [1.54, 1.807) is 26.1 Å². The highest BCUT2D eigenvalue weighted by atomic mass is 32.2. The number of hydrogen-bond acceptors (Lipinski definition) is 9. The lowest BCUT2D eigenvalue weighted by Crippen LogP contribution is -2.21. The van der Waals surface area contributed by atoms with Gasteiger partial charge in [-0.1, -0.05) is 23.9 Å². The van der Waals surface area contributed by atoms with Gasteiger partial charge < -0.3 is 14.8 Å². The van der Waals surface area contributed by atoms with Crippen LogP contribution in [0.4, 0.5) is 5.00 Å². The summed E-state index contributed by atoms with van der Waals surface area (Å²) >= 11 is 2.30. The summed E-state index contributed by atoms with van der Waals surface area (Å²) in [5.74, 6) is -1.46. The van der Waals surface area contributed by atoms with Gasteiger partial charge in [-0.15, -0.1) is 11.3 Å². The van der Waals surface area contributed by atoms with Crippen LogP contribution in [0.3, 0.4) is 0 Å². The minimum atomic E-state index is -0.542. The Bertz CT molecular complexity index is 1080. The number of thioether (sulfide) groups is 1. The smallest absolute Gasteiger partial charge is 0.348 e. The van der Waals surface area contributed by atoms with Crippen LogP contribution >= 0.6 is 23.1 Å². The number of benzene rings is 1. The van der Waals surface area contributed by atoms with E-state index in [0.717, 1.165) is 22.4 Å². The van der Waals surface area contributed by atoms with Crippen LogP contribution in [0.15, 0.2) is 41.6 Å². The Balaban J connectivity index is 1.45. The number of carbonyl (C=O) groups is 3. The zero-order valence-electron chi connectivity index (χ0n) is 16.3. The molecule has 1 N–H and O–H groups in total. The van der Waals surface area contributed by atoms with Crippen molar-refractivity contribution in [3.63, 3.8) is 0 Å². The van der Waals surface area contributed by atoms with Crippen molar-refractivity contribution in [3.8, 4) is 0 Å². The van der Waals surface area contributed by atoms with Crippen molar-refractivity contribution >= 4 is 57.0 Å². The van der Waals surface area contributed by atoms with E-state index >= 15 is 0 Å². The van der Waals surface area contributed by atoms with E-state index in [4.69, 9.17) is 9.47 Å². The summed E-state index contributed by atoms with van der Waals surface area (Å²) < 4.78 is 9.97. The third-order valence-corrected chi connectivity index (χ3v) is 5.77. The minimum Gasteiger partial charge on any atom is -0.462 e. The molecule has 0 bridgehead atoms. The number of nitrogens with zero attached hydrogens (tertiary/aromatic N) is 2. The van der Waals surface area contributed by atoms with E-state index in [0.29, 0.717) is 20.5 Å². The average molecular weight is 446 g/mol. The Morgan fingerprint density at radius 1 is 1.17 bits per heavy atom. The van der Waals surface area contributed by atoms with Crippen molar-refractivity contribution in [2.75, 3.05) is 24.3 Å². The predicted octanol–water partition coefficient (Wildman–Crippen LogP) is 3.45. The Hall–Kier alpha value is -2.98. The van der Waals surface area contributed by atoms with Crippen molar-refractivity contribution in [2.24, 2.45) is 0 Å². The molecule has 3 rings (SSSR count). The molecule has 2 heterocycles. The molecule has 8 nitrogen and oxygen atoms in total. The molecule has 0 atom stereocenters. The first-order chi connectivity index (χ1) is 14.5. The van der Waals surface area contributed by atoms with Crippen molar-refractivity contribution in [2.45, 2.75) is 18.9 Å². The topological polar surface area (TPSA) is 107 Å². The van der Waals surface area contributed by atoms with Gasteiger partial charge in [0.25, 0.3) is 5.91 Å². The monoisotopic (exact) mass is 445 g/mol. The van der Waals surface area contributed by atoms with Crippen molar-refractivity contribution < 1.29 is 23.9 Å². The molecule has 156 valence electrons. The second-order valence-electron chi connectivity index (χ2n) is 6.04. The molecule has 30 heavy (non-hydrogen) atoms. The first-order valence-corrected chi connectivity index (χ1v) is 10.8. The van der Waals surface area contributed by atoms with Crippen LogP contribution in [0, 0.1) is 6.92 Å². The first kappa shape index (κ1) is 21.7. The number of aryl methyl sites for hydroxylation is 1. The van der Waals surface area contributed by atoms with Gasteiger partial charge >= 0.3 is 11.9 Å². The standard InChI is InChI=1S/C20H19N3O5S2/c1-3-27-20(26)19-12(2)8-16(30-19)23-15(24)10-28-18(25)11-29-17-9-21-13-6-4-5-7-14(13)22-17/h4-9H,3,10-11H2,1-2H3,(H,23,24). The molecule has 0 aliphatic heterocycles. The molecule has 0 spiro atoms. The number of nitrogens with one attached hydrogen (secondary N) is 1. The third-order valence-electron chi connectivity index (χ3n) is 3.77. The molecular weight excluding hydrogens is 426 g/mol. The number of anilines is 1. The van der Waals surface area contributed by atoms with Crippen LogP contribution in [-0.4, -0.2) is 46.8 Å². The number of ether oxygens (including phenoxy) is 2. The van der Waals surface area contributed by atoms with E-state index in [9.17, 15) is 14.4 Å². The number of rotatable bonds is 8. The van der Waals surface area contributed by atoms with Crippen LogP contribution in [0.5, 0.6) is 0 Å². The summed E-state index contributed by atoms with van der Waals surface area (Å²) in [5.41, 5.74) is 2.22. The SMILES string of the molecule is CCOC(=O)c1sc(NC(=O)COC(=O)CSc2cnc3ccccc3n2)cc1C. The van der Waals surface area contributed by atoms with Crippen molar-refractivity contribution in [1.29, 1.82) is 0 Å². The first-order valence-electron chi connectivity index (χ1n) is 9.04. The highest BCUT2D eigenvalue weighted by molar-refractivity contribution is 7.99. The minimum absolute atomic E-state index is 0.00537. The van der Waals surface area contributed by atoms with E-state index in [1.165, 1.54) is 11.8 Å².